The molecule has 2 rings (SSSR count). The quantitative estimate of drug-likeness (QED) is 0.528. The van der Waals surface area contributed by atoms with E-state index >= 15 is 0 Å². The summed E-state index contributed by atoms with van der Waals surface area (Å²) in [6.07, 6.45) is 1.42. The van der Waals surface area contributed by atoms with Gasteiger partial charge in [-0.25, -0.2) is 8.42 Å². The van der Waals surface area contributed by atoms with Gasteiger partial charge in [-0.05, 0) is 36.8 Å². The number of halogens is 1. The molecule has 1 amide bonds. The van der Waals surface area contributed by atoms with Gasteiger partial charge in [0, 0.05) is 35.8 Å². The molecule has 0 saturated heterocycles. The van der Waals surface area contributed by atoms with Crippen LogP contribution in [0.4, 0.5) is 17.1 Å². The minimum absolute atomic E-state index is 0.0578. The number of rotatable bonds is 8. The Kier molecular flexibility index (Phi) is 6.75. The van der Waals surface area contributed by atoms with Gasteiger partial charge in [0.2, 0.25) is 15.9 Å². The van der Waals surface area contributed by atoms with Crippen LogP contribution in [0.5, 0.6) is 0 Å². The first-order valence-corrected chi connectivity index (χ1v) is 10.2. The molecule has 0 bridgehead atoms. The Bertz CT molecular complexity index is 932. The molecule has 2 aromatic rings. The van der Waals surface area contributed by atoms with Crippen LogP contribution < -0.4 is 9.62 Å². The Morgan fingerprint density at radius 2 is 1.89 bits per heavy atom. The van der Waals surface area contributed by atoms with Crippen LogP contribution in [0.3, 0.4) is 0 Å². The van der Waals surface area contributed by atoms with Gasteiger partial charge in [-0.15, -0.1) is 0 Å². The molecule has 0 aromatic heterocycles. The molecule has 0 unspecified atom stereocenters. The van der Waals surface area contributed by atoms with Crippen molar-refractivity contribution in [3.63, 3.8) is 0 Å². The summed E-state index contributed by atoms with van der Waals surface area (Å²) in [6.45, 7) is 0.114. The second kappa shape index (κ2) is 8.83. The van der Waals surface area contributed by atoms with Gasteiger partial charge in [-0.2, -0.15) is 0 Å². The Hall–Kier alpha value is -2.65. The molecule has 0 aliphatic rings. The van der Waals surface area contributed by atoms with Crippen LogP contribution >= 0.6 is 11.6 Å². The number of nitro groups is 1. The summed E-state index contributed by atoms with van der Waals surface area (Å²) in [4.78, 5) is 22.2. The fourth-order valence-electron chi connectivity index (χ4n) is 2.40. The highest BCUT2D eigenvalue weighted by molar-refractivity contribution is 7.92. The summed E-state index contributed by atoms with van der Waals surface area (Å²) in [5, 5.41) is 13.8. The molecular weight excluding hydrogens is 394 g/mol. The third-order valence-corrected chi connectivity index (χ3v) is 5.07. The Morgan fingerprint density at radius 3 is 2.48 bits per heavy atom. The molecule has 0 aliphatic carbocycles. The van der Waals surface area contributed by atoms with E-state index in [-0.39, 0.29) is 31.0 Å². The smallest absolute Gasteiger partial charge is 0.271 e. The maximum absolute atomic E-state index is 12.0. The number of nitro benzene ring substituents is 1. The van der Waals surface area contributed by atoms with Crippen molar-refractivity contribution in [3.8, 4) is 0 Å². The molecule has 10 heteroatoms. The van der Waals surface area contributed by atoms with Crippen molar-refractivity contribution in [3.05, 3.63) is 63.7 Å². The Morgan fingerprint density at radius 1 is 1.22 bits per heavy atom. The van der Waals surface area contributed by atoms with E-state index in [1.807, 2.05) is 0 Å². The zero-order chi connectivity index (χ0) is 20.0. The van der Waals surface area contributed by atoms with Gasteiger partial charge in [-0.3, -0.25) is 19.2 Å². The molecule has 2 aromatic carbocycles. The number of non-ortho nitro benzene ring substituents is 1. The van der Waals surface area contributed by atoms with Crippen LogP contribution in [0.25, 0.3) is 0 Å². The Balaban J connectivity index is 1.96. The number of sulfonamides is 1. The molecule has 0 atom stereocenters. The van der Waals surface area contributed by atoms with Crippen molar-refractivity contribution in [2.24, 2.45) is 0 Å². The molecule has 0 fully saturated rings. The number of nitrogens with zero attached hydrogens (tertiary/aromatic N) is 2. The number of nitrogens with one attached hydrogen (secondary N) is 1. The zero-order valence-corrected chi connectivity index (χ0v) is 16.0. The number of amides is 1. The van der Waals surface area contributed by atoms with E-state index in [0.717, 1.165) is 6.26 Å². The van der Waals surface area contributed by atoms with Crippen molar-refractivity contribution in [1.82, 2.24) is 0 Å². The van der Waals surface area contributed by atoms with Crippen molar-refractivity contribution in [2.45, 2.75) is 12.8 Å². The van der Waals surface area contributed by atoms with Gasteiger partial charge in [0.05, 0.1) is 16.9 Å². The second-order valence-electron chi connectivity index (χ2n) is 5.77. The van der Waals surface area contributed by atoms with E-state index in [0.29, 0.717) is 16.4 Å². The highest BCUT2D eigenvalue weighted by atomic mass is 35.5. The lowest BCUT2D eigenvalue weighted by Crippen LogP contribution is -2.31. The number of hydrogen-bond donors (Lipinski definition) is 1. The summed E-state index contributed by atoms with van der Waals surface area (Å²) in [5.74, 6) is -0.361. The molecule has 0 aliphatic heterocycles. The largest absolute Gasteiger partial charge is 0.326 e. The first kappa shape index (κ1) is 20.7. The molecule has 144 valence electrons. The molecule has 0 saturated carbocycles. The highest BCUT2D eigenvalue weighted by Crippen LogP contribution is 2.21. The SMILES string of the molecule is CS(=O)(=O)N(CCCC(=O)Nc1cccc([N+](=O)[O-])c1)c1ccc(Cl)cc1. The maximum Gasteiger partial charge on any atom is 0.271 e. The van der Waals surface area contributed by atoms with Gasteiger partial charge < -0.3 is 5.32 Å². The third-order valence-electron chi connectivity index (χ3n) is 3.62. The van der Waals surface area contributed by atoms with E-state index < -0.39 is 14.9 Å². The maximum atomic E-state index is 12.0. The standard InChI is InChI=1S/C17H18ClN3O5S/c1-27(25,26)20(15-9-7-13(18)8-10-15)11-3-6-17(22)19-14-4-2-5-16(12-14)21(23)24/h2,4-5,7-10,12H,3,6,11H2,1H3,(H,19,22). The van der Waals surface area contributed by atoms with Crippen molar-refractivity contribution < 1.29 is 18.1 Å². The molecule has 0 radical (unpaired) electrons. The molecule has 27 heavy (non-hydrogen) atoms. The van der Waals surface area contributed by atoms with Gasteiger partial charge in [0.15, 0.2) is 0 Å². The van der Waals surface area contributed by atoms with Gasteiger partial charge >= 0.3 is 0 Å². The average Bonchev–Trinajstić information content (AvgIpc) is 2.59. The van der Waals surface area contributed by atoms with Crippen molar-refractivity contribution in [2.75, 3.05) is 22.4 Å². The summed E-state index contributed by atoms with van der Waals surface area (Å²) < 4.78 is 25.2. The summed E-state index contributed by atoms with van der Waals surface area (Å²) in [6, 6.07) is 12.0. The molecule has 1 N–H and O–H groups in total. The van der Waals surface area contributed by atoms with E-state index in [9.17, 15) is 23.3 Å². The average molecular weight is 412 g/mol. The number of carbonyl (C=O) groups excluding carboxylic acids is 1. The normalized spacial score (nSPS) is 11.0. The van der Waals surface area contributed by atoms with Crippen LogP contribution in [0.15, 0.2) is 48.5 Å². The Labute approximate surface area is 162 Å². The molecule has 0 spiro atoms. The van der Waals surface area contributed by atoms with E-state index in [1.165, 1.54) is 22.5 Å². The fourth-order valence-corrected chi connectivity index (χ4v) is 3.49. The lowest BCUT2D eigenvalue weighted by Gasteiger charge is -2.22. The minimum Gasteiger partial charge on any atom is -0.326 e. The second-order valence-corrected chi connectivity index (χ2v) is 8.11. The summed E-state index contributed by atoms with van der Waals surface area (Å²) >= 11 is 5.82. The first-order valence-electron chi connectivity index (χ1n) is 7.94. The van der Waals surface area contributed by atoms with Crippen LogP contribution in [0, 0.1) is 10.1 Å². The molecular formula is C17H18ClN3O5S. The van der Waals surface area contributed by atoms with Gasteiger partial charge in [-0.1, -0.05) is 17.7 Å². The predicted octanol–water partition coefficient (Wildman–Crippen LogP) is 3.43. The minimum atomic E-state index is -3.52. The third kappa shape index (κ3) is 6.22. The fraction of sp³-hybridized carbons (Fsp3) is 0.235. The van der Waals surface area contributed by atoms with Crippen LogP contribution in [0.1, 0.15) is 12.8 Å². The van der Waals surface area contributed by atoms with E-state index in [1.54, 1.807) is 30.3 Å². The van der Waals surface area contributed by atoms with E-state index in [4.69, 9.17) is 11.6 Å². The lowest BCUT2D eigenvalue weighted by atomic mass is 10.2. The number of benzene rings is 2. The lowest BCUT2D eigenvalue weighted by molar-refractivity contribution is -0.384. The van der Waals surface area contributed by atoms with E-state index in [2.05, 4.69) is 5.32 Å². The topological polar surface area (TPSA) is 110 Å². The molecule has 8 nitrogen and oxygen atoms in total. The number of carbonyl (C=O) groups is 1. The number of anilines is 2. The van der Waals surface area contributed by atoms with Crippen LogP contribution in [0.2, 0.25) is 5.02 Å². The summed E-state index contributed by atoms with van der Waals surface area (Å²) in [7, 11) is -3.52. The monoisotopic (exact) mass is 411 g/mol. The van der Waals surface area contributed by atoms with Crippen LogP contribution in [-0.4, -0.2) is 32.0 Å². The molecule has 0 heterocycles. The summed E-state index contributed by atoms with van der Waals surface area (Å²) in [5.41, 5.74) is 0.645. The van der Waals surface area contributed by atoms with Crippen molar-refractivity contribution >= 4 is 44.6 Å². The zero-order valence-electron chi connectivity index (χ0n) is 14.5. The number of hydrogen-bond acceptors (Lipinski definition) is 5. The van der Waals surface area contributed by atoms with Crippen LogP contribution in [-0.2, 0) is 14.8 Å². The highest BCUT2D eigenvalue weighted by Gasteiger charge is 2.17. The van der Waals surface area contributed by atoms with Crippen molar-refractivity contribution in [1.29, 1.82) is 0 Å². The first-order chi connectivity index (χ1) is 12.7. The predicted molar refractivity (Wildman–Crippen MR) is 105 cm³/mol. The van der Waals surface area contributed by atoms with Gasteiger partial charge in [0.25, 0.3) is 5.69 Å². The van der Waals surface area contributed by atoms with Gasteiger partial charge in [0.1, 0.15) is 0 Å².